The first-order chi connectivity index (χ1) is 6.24. The Morgan fingerprint density at radius 2 is 2.00 bits per heavy atom. The molecule has 0 amide bonds. The van der Waals surface area contributed by atoms with Crippen molar-refractivity contribution in [3.05, 3.63) is 47.8 Å². The number of benzene rings is 1. The van der Waals surface area contributed by atoms with Crippen LogP contribution in [-0.4, -0.2) is 6.54 Å². The average molecular weight is 179 g/mol. The molecular formula is C11H14FN. The van der Waals surface area contributed by atoms with Crippen LogP contribution in [0.15, 0.2) is 36.4 Å². The highest BCUT2D eigenvalue weighted by Gasteiger charge is 2.00. The summed E-state index contributed by atoms with van der Waals surface area (Å²) in [6.07, 6.45) is 3.93. The van der Waals surface area contributed by atoms with Crippen molar-refractivity contribution in [3.63, 3.8) is 0 Å². The van der Waals surface area contributed by atoms with Gasteiger partial charge in [0.2, 0.25) is 0 Å². The Balaban J connectivity index is 2.71. The van der Waals surface area contributed by atoms with E-state index in [1.54, 1.807) is 12.1 Å². The molecule has 1 unspecified atom stereocenters. The van der Waals surface area contributed by atoms with Crippen LogP contribution >= 0.6 is 0 Å². The highest BCUT2D eigenvalue weighted by atomic mass is 19.1. The minimum absolute atomic E-state index is 0.196. The largest absolute Gasteiger partial charge is 0.327 e. The summed E-state index contributed by atoms with van der Waals surface area (Å²) in [5.41, 5.74) is 6.44. The highest BCUT2D eigenvalue weighted by Crippen LogP contribution is 2.16. The first kappa shape index (κ1) is 9.93. The van der Waals surface area contributed by atoms with Crippen molar-refractivity contribution in [2.75, 3.05) is 6.54 Å². The van der Waals surface area contributed by atoms with Crippen LogP contribution in [0.1, 0.15) is 18.4 Å². The summed E-state index contributed by atoms with van der Waals surface area (Å²) >= 11 is 0. The Morgan fingerprint density at radius 1 is 1.38 bits per heavy atom. The lowest BCUT2D eigenvalue weighted by Crippen LogP contribution is -1.95. The molecule has 0 saturated heterocycles. The Labute approximate surface area is 78.1 Å². The van der Waals surface area contributed by atoms with Crippen LogP contribution < -0.4 is 5.73 Å². The van der Waals surface area contributed by atoms with Gasteiger partial charge < -0.3 is 5.73 Å². The van der Waals surface area contributed by atoms with E-state index in [-0.39, 0.29) is 5.82 Å². The Kier molecular flexibility index (Phi) is 3.65. The van der Waals surface area contributed by atoms with Gasteiger partial charge in [0.15, 0.2) is 0 Å². The fourth-order valence-electron chi connectivity index (χ4n) is 1.16. The van der Waals surface area contributed by atoms with Gasteiger partial charge in [0, 0.05) is 6.54 Å². The van der Waals surface area contributed by atoms with Crippen molar-refractivity contribution in [2.24, 2.45) is 5.73 Å². The van der Waals surface area contributed by atoms with Crippen LogP contribution in [0.5, 0.6) is 0 Å². The molecule has 1 atom stereocenters. The summed E-state index contributed by atoms with van der Waals surface area (Å²) in [7, 11) is 0. The molecule has 1 nitrogen and oxygen atoms in total. The molecule has 0 heterocycles. The molecule has 0 fully saturated rings. The van der Waals surface area contributed by atoms with E-state index >= 15 is 0 Å². The van der Waals surface area contributed by atoms with E-state index in [1.165, 1.54) is 12.1 Å². The molecule has 0 bridgehead atoms. The van der Waals surface area contributed by atoms with Crippen molar-refractivity contribution in [3.8, 4) is 0 Å². The normalized spacial score (nSPS) is 13.5. The van der Waals surface area contributed by atoms with Gasteiger partial charge in [-0.3, -0.25) is 0 Å². The summed E-state index contributed by atoms with van der Waals surface area (Å²) in [5, 5.41) is 0. The van der Waals surface area contributed by atoms with Gasteiger partial charge in [-0.25, -0.2) is 4.39 Å². The highest BCUT2D eigenvalue weighted by molar-refractivity contribution is 5.23. The van der Waals surface area contributed by atoms with E-state index in [1.807, 2.05) is 12.2 Å². The lowest BCUT2D eigenvalue weighted by Gasteiger charge is -2.05. The summed E-state index contributed by atoms with van der Waals surface area (Å²) in [6.45, 7) is 2.60. The molecule has 0 radical (unpaired) electrons. The number of nitrogens with two attached hydrogens (primary N) is 1. The van der Waals surface area contributed by atoms with Crippen molar-refractivity contribution in [1.82, 2.24) is 0 Å². The van der Waals surface area contributed by atoms with E-state index < -0.39 is 0 Å². The predicted octanol–water partition coefficient (Wildman–Crippen LogP) is 2.44. The third-order valence-corrected chi connectivity index (χ3v) is 1.96. The molecule has 0 aliphatic carbocycles. The summed E-state index contributed by atoms with van der Waals surface area (Å²) in [4.78, 5) is 0. The molecule has 1 aromatic rings. The van der Waals surface area contributed by atoms with Gasteiger partial charge in [0.05, 0.1) is 0 Å². The van der Waals surface area contributed by atoms with Crippen LogP contribution in [-0.2, 0) is 0 Å². The topological polar surface area (TPSA) is 26.0 Å². The Hall–Kier alpha value is -1.15. The monoisotopic (exact) mass is 179 g/mol. The minimum Gasteiger partial charge on any atom is -0.327 e. The zero-order valence-corrected chi connectivity index (χ0v) is 7.70. The molecule has 2 N–H and O–H groups in total. The number of rotatable bonds is 3. The molecule has 1 aromatic carbocycles. The third-order valence-electron chi connectivity index (χ3n) is 1.96. The zero-order chi connectivity index (χ0) is 9.68. The fourth-order valence-corrected chi connectivity index (χ4v) is 1.16. The fraction of sp³-hybridized carbons (Fsp3) is 0.273. The number of allylic oxidation sites excluding steroid dienone is 1. The molecule has 0 aliphatic heterocycles. The lowest BCUT2D eigenvalue weighted by molar-refractivity contribution is 0.626. The van der Waals surface area contributed by atoms with Gasteiger partial charge >= 0.3 is 0 Å². The molecule has 70 valence electrons. The van der Waals surface area contributed by atoms with E-state index in [4.69, 9.17) is 5.73 Å². The summed E-state index contributed by atoms with van der Waals surface area (Å²) < 4.78 is 12.6. The standard InChI is InChI=1S/C11H14FN/c1-9(3-2-8-13)10-4-6-11(12)7-5-10/h2-7,9H,8,13H2,1H3/b3-2+. The van der Waals surface area contributed by atoms with Crippen molar-refractivity contribution >= 4 is 0 Å². The maximum Gasteiger partial charge on any atom is 0.123 e. The van der Waals surface area contributed by atoms with Gasteiger partial charge in [-0.05, 0) is 23.6 Å². The zero-order valence-electron chi connectivity index (χ0n) is 7.70. The number of halogens is 1. The van der Waals surface area contributed by atoms with E-state index in [0.29, 0.717) is 12.5 Å². The Morgan fingerprint density at radius 3 is 2.54 bits per heavy atom. The second-order valence-electron chi connectivity index (χ2n) is 3.00. The van der Waals surface area contributed by atoms with Crippen molar-refractivity contribution < 1.29 is 4.39 Å². The van der Waals surface area contributed by atoms with Crippen molar-refractivity contribution in [1.29, 1.82) is 0 Å². The molecule has 13 heavy (non-hydrogen) atoms. The summed E-state index contributed by atoms with van der Waals surface area (Å²) in [6, 6.07) is 6.53. The molecule has 0 aromatic heterocycles. The van der Waals surface area contributed by atoms with E-state index in [2.05, 4.69) is 6.92 Å². The summed E-state index contributed by atoms with van der Waals surface area (Å²) in [5.74, 6) is 0.0999. The second-order valence-corrected chi connectivity index (χ2v) is 3.00. The predicted molar refractivity (Wildman–Crippen MR) is 53.0 cm³/mol. The third kappa shape index (κ3) is 2.99. The molecule has 0 aliphatic rings. The minimum atomic E-state index is -0.196. The molecule has 2 heteroatoms. The second kappa shape index (κ2) is 4.77. The molecule has 0 spiro atoms. The van der Waals surface area contributed by atoms with Gasteiger partial charge in [0.25, 0.3) is 0 Å². The Bertz CT molecular complexity index is 277. The number of hydrogen-bond donors (Lipinski definition) is 1. The molecular weight excluding hydrogens is 165 g/mol. The van der Waals surface area contributed by atoms with E-state index in [0.717, 1.165) is 5.56 Å². The smallest absolute Gasteiger partial charge is 0.123 e. The lowest BCUT2D eigenvalue weighted by atomic mass is 10.0. The maximum atomic E-state index is 12.6. The van der Waals surface area contributed by atoms with Crippen LogP contribution in [0.2, 0.25) is 0 Å². The van der Waals surface area contributed by atoms with Crippen LogP contribution in [0.25, 0.3) is 0 Å². The first-order valence-electron chi connectivity index (χ1n) is 4.36. The van der Waals surface area contributed by atoms with Gasteiger partial charge in [-0.1, -0.05) is 31.2 Å². The van der Waals surface area contributed by atoms with Gasteiger partial charge in [-0.2, -0.15) is 0 Å². The van der Waals surface area contributed by atoms with Gasteiger partial charge in [0.1, 0.15) is 5.82 Å². The van der Waals surface area contributed by atoms with Crippen molar-refractivity contribution in [2.45, 2.75) is 12.8 Å². The quantitative estimate of drug-likeness (QED) is 0.708. The average Bonchev–Trinajstić information content (AvgIpc) is 2.15. The number of hydrogen-bond acceptors (Lipinski definition) is 1. The SMILES string of the molecule is CC(/C=C/CN)c1ccc(F)cc1. The maximum absolute atomic E-state index is 12.6. The molecule has 0 saturated carbocycles. The van der Waals surface area contributed by atoms with Gasteiger partial charge in [-0.15, -0.1) is 0 Å². The first-order valence-corrected chi connectivity index (χ1v) is 4.36. The van der Waals surface area contributed by atoms with Crippen LogP contribution in [0, 0.1) is 5.82 Å². The van der Waals surface area contributed by atoms with Crippen LogP contribution in [0.3, 0.4) is 0 Å². The van der Waals surface area contributed by atoms with Crippen LogP contribution in [0.4, 0.5) is 4.39 Å². The van der Waals surface area contributed by atoms with E-state index in [9.17, 15) is 4.39 Å². The molecule has 1 rings (SSSR count).